The Hall–Kier alpha value is -2.80. The third-order valence-corrected chi connectivity index (χ3v) is 9.12. The number of rotatable bonds is 7. The van der Waals surface area contributed by atoms with Crippen LogP contribution in [0.25, 0.3) is 11.8 Å². The highest BCUT2D eigenvalue weighted by Crippen LogP contribution is 2.37. The minimum atomic E-state index is -0.692. The van der Waals surface area contributed by atoms with Gasteiger partial charge >= 0.3 is 5.97 Å². The lowest BCUT2D eigenvalue weighted by Crippen LogP contribution is -2.39. The summed E-state index contributed by atoms with van der Waals surface area (Å²) in [5.41, 5.74) is 1.99. The van der Waals surface area contributed by atoms with E-state index in [0.717, 1.165) is 17.6 Å². The predicted octanol–water partition coefficient (Wildman–Crippen LogP) is 5.11. The lowest BCUT2D eigenvalue weighted by molar-refractivity contribution is -0.138. The first-order valence-electron chi connectivity index (χ1n) is 11.7. The van der Waals surface area contributed by atoms with Gasteiger partial charge in [0.15, 0.2) is 11.4 Å². The molecule has 0 fully saturated rings. The van der Waals surface area contributed by atoms with Crippen LogP contribution < -0.4 is 19.6 Å². The van der Waals surface area contributed by atoms with E-state index in [2.05, 4.69) is 45.2 Å². The number of hydrogen-bond donors (Lipinski definition) is 0. The average molecular weight is 779 g/mol. The second-order valence-corrected chi connectivity index (χ2v) is 12.6. The van der Waals surface area contributed by atoms with Crippen molar-refractivity contribution in [1.82, 2.24) is 4.57 Å². The van der Waals surface area contributed by atoms with Crippen LogP contribution in [-0.2, 0) is 9.53 Å². The number of carbonyl (C=O) groups is 1. The van der Waals surface area contributed by atoms with E-state index in [0.29, 0.717) is 31.9 Å². The smallest absolute Gasteiger partial charge is 0.338 e. The van der Waals surface area contributed by atoms with Gasteiger partial charge in [-0.3, -0.25) is 9.36 Å². The maximum Gasteiger partial charge on any atom is 0.338 e. The lowest BCUT2D eigenvalue weighted by atomic mass is 9.97. The van der Waals surface area contributed by atoms with E-state index in [1.54, 1.807) is 17.6 Å². The third-order valence-electron chi connectivity index (χ3n) is 5.79. The Balaban J connectivity index is 1.80. The number of ether oxygens (including phenoxy) is 2. The molecule has 0 spiro atoms. The maximum absolute atomic E-state index is 14.0. The Morgan fingerprint density at radius 2 is 2.00 bits per heavy atom. The molecule has 196 valence electrons. The summed E-state index contributed by atoms with van der Waals surface area (Å²) in [6, 6.07) is 18.4. The first-order valence-corrected chi connectivity index (χ1v) is 15.6. The van der Waals surface area contributed by atoms with Crippen molar-refractivity contribution in [3.63, 3.8) is 0 Å². The number of fused-ring (bicyclic) bond motifs is 1. The summed E-state index contributed by atoms with van der Waals surface area (Å²) in [7, 11) is 0. The van der Waals surface area contributed by atoms with Crippen LogP contribution in [0.3, 0.4) is 0 Å². The summed E-state index contributed by atoms with van der Waals surface area (Å²) >= 11 is 7.09. The molecule has 0 bridgehead atoms. The molecule has 0 N–H and O–H groups in total. The molecule has 5 rings (SSSR count). The molecule has 0 aliphatic carbocycles. The summed E-state index contributed by atoms with van der Waals surface area (Å²) in [6.07, 6.45) is 1.77. The van der Waals surface area contributed by atoms with Crippen molar-refractivity contribution in [1.29, 1.82) is 5.26 Å². The third kappa shape index (κ3) is 5.60. The van der Waals surface area contributed by atoms with Crippen molar-refractivity contribution in [3.05, 3.63) is 108 Å². The van der Waals surface area contributed by atoms with E-state index < -0.39 is 12.0 Å². The molecule has 4 aromatic rings. The van der Waals surface area contributed by atoms with Crippen molar-refractivity contribution in [2.75, 3.05) is 13.2 Å². The number of carbonyl (C=O) groups excluding carboxylic acids is 1. The second kappa shape index (κ2) is 12.2. The van der Waals surface area contributed by atoms with E-state index in [1.165, 1.54) is 22.7 Å². The SMILES string of the molecule is CCOC(=O)C1=C(c2ccccc2)N=c2s/c(=C\c3cc(I)cc(I)c3OCC#N)c(=O)n2[C@H]1c1cccs1. The number of nitriles is 1. The van der Waals surface area contributed by atoms with Gasteiger partial charge in [0.2, 0.25) is 0 Å². The molecule has 2 aromatic heterocycles. The van der Waals surface area contributed by atoms with Crippen molar-refractivity contribution in [2.24, 2.45) is 4.99 Å². The van der Waals surface area contributed by atoms with Gasteiger partial charge in [-0.2, -0.15) is 5.26 Å². The summed E-state index contributed by atoms with van der Waals surface area (Å²) in [6.45, 7) is 1.84. The molecule has 1 aliphatic rings. The number of esters is 1. The molecular weight excluding hydrogens is 760 g/mol. The first-order chi connectivity index (χ1) is 18.9. The zero-order valence-electron chi connectivity index (χ0n) is 20.4. The van der Waals surface area contributed by atoms with Crippen LogP contribution in [0.5, 0.6) is 5.75 Å². The normalized spacial score (nSPS) is 14.9. The van der Waals surface area contributed by atoms with E-state index in [-0.39, 0.29) is 18.8 Å². The van der Waals surface area contributed by atoms with E-state index >= 15 is 0 Å². The Labute approximate surface area is 259 Å². The van der Waals surface area contributed by atoms with Crippen LogP contribution in [0.15, 0.2) is 75.3 Å². The fourth-order valence-electron chi connectivity index (χ4n) is 4.24. The van der Waals surface area contributed by atoms with Crippen LogP contribution in [-0.4, -0.2) is 23.8 Å². The van der Waals surface area contributed by atoms with Crippen LogP contribution in [0.1, 0.15) is 29.0 Å². The number of nitrogens with zero attached hydrogens (tertiary/aromatic N) is 3. The van der Waals surface area contributed by atoms with Crippen molar-refractivity contribution in [2.45, 2.75) is 13.0 Å². The minimum Gasteiger partial charge on any atom is -0.477 e. The molecule has 3 heterocycles. The molecular formula is C28H19I2N3O4S2. The van der Waals surface area contributed by atoms with Gasteiger partial charge in [-0.1, -0.05) is 47.7 Å². The van der Waals surface area contributed by atoms with Gasteiger partial charge in [-0.05, 0) is 81.8 Å². The number of benzene rings is 2. The standard InChI is InChI=1S/C28H19I2N3O4S2/c1-2-36-27(35)22-23(16-7-4-3-5-8-16)32-28-33(24(22)20-9-6-12-38-20)26(34)21(39-28)14-17-13-18(29)15-19(30)25(17)37-11-10-31/h3-9,12-15,24H,2,11H2,1H3/b21-14-/t24-/m0/s1. The number of aromatic nitrogens is 1. The van der Waals surface area contributed by atoms with Crippen LogP contribution in [0.2, 0.25) is 0 Å². The molecule has 39 heavy (non-hydrogen) atoms. The lowest BCUT2D eigenvalue weighted by Gasteiger charge is -2.24. The van der Waals surface area contributed by atoms with Gasteiger partial charge < -0.3 is 9.47 Å². The Morgan fingerprint density at radius 1 is 1.21 bits per heavy atom. The molecule has 0 unspecified atom stereocenters. The quantitative estimate of drug-likeness (QED) is 0.192. The monoisotopic (exact) mass is 779 g/mol. The minimum absolute atomic E-state index is 0.111. The molecule has 1 aliphatic heterocycles. The van der Waals surface area contributed by atoms with Crippen LogP contribution in [0, 0.1) is 18.5 Å². The number of thiazole rings is 1. The summed E-state index contributed by atoms with van der Waals surface area (Å²) in [5, 5.41) is 11.0. The zero-order valence-corrected chi connectivity index (χ0v) is 26.3. The number of halogens is 2. The van der Waals surface area contributed by atoms with Gasteiger partial charge in [0, 0.05) is 19.6 Å². The summed E-state index contributed by atoms with van der Waals surface area (Å²) in [5.74, 6) is 0.0301. The molecule has 11 heteroatoms. The van der Waals surface area contributed by atoms with Gasteiger partial charge in [-0.15, -0.1) is 11.3 Å². The van der Waals surface area contributed by atoms with E-state index in [4.69, 9.17) is 19.7 Å². The van der Waals surface area contributed by atoms with E-state index in [9.17, 15) is 9.59 Å². The van der Waals surface area contributed by atoms with Crippen molar-refractivity contribution >= 4 is 85.6 Å². The largest absolute Gasteiger partial charge is 0.477 e. The Bertz CT molecular complexity index is 1800. The Morgan fingerprint density at radius 3 is 2.69 bits per heavy atom. The second-order valence-electron chi connectivity index (χ2n) is 8.20. The topological polar surface area (TPSA) is 93.7 Å². The van der Waals surface area contributed by atoms with Crippen LogP contribution >= 0.6 is 67.9 Å². The predicted molar refractivity (Wildman–Crippen MR) is 168 cm³/mol. The highest BCUT2D eigenvalue weighted by Gasteiger charge is 2.35. The highest BCUT2D eigenvalue weighted by atomic mass is 127. The van der Waals surface area contributed by atoms with Gasteiger partial charge in [0.05, 0.1) is 26.0 Å². The highest BCUT2D eigenvalue weighted by molar-refractivity contribution is 14.1. The van der Waals surface area contributed by atoms with Crippen LogP contribution in [0.4, 0.5) is 0 Å². The van der Waals surface area contributed by atoms with Gasteiger partial charge in [0.1, 0.15) is 17.9 Å². The van der Waals surface area contributed by atoms with Gasteiger partial charge in [0.25, 0.3) is 5.56 Å². The Kier molecular flexibility index (Phi) is 8.65. The maximum atomic E-state index is 14.0. The van der Waals surface area contributed by atoms with Crippen molar-refractivity contribution in [3.8, 4) is 11.8 Å². The molecule has 0 saturated heterocycles. The fourth-order valence-corrected chi connectivity index (χ4v) is 8.10. The molecule has 0 amide bonds. The van der Waals surface area contributed by atoms with Gasteiger partial charge in [-0.25, -0.2) is 9.79 Å². The van der Waals surface area contributed by atoms with Crippen molar-refractivity contribution < 1.29 is 14.3 Å². The molecule has 0 radical (unpaired) electrons. The molecule has 2 aromatic carbocycles. The zero-order chi connectivity index (χ0) is 27.5. The summed E-state index contributed by atoms with van der Waals surface area (Å²) < 4.78 is 15.0. The molecule has 0 saturated carbocycles. The summed E-state index contributed by atoms with van der Waals surface area (Å²) in [4.78, 5) is 33.6. The number of hydrogen-bond acceptors (Lipinski definition) is 8. The van der Waals surface area contributed by atoms with E-state index in [1.807, 2.05) is 66.0 Å². The molecule has 1 atom stereocenters. The fraction of sp³-hybridized carbons (Fsp3) is 0.143. The molecule has 7 nitrogen and oxygen atoms in total. The average Bonchev–Trinajstić information content (AvgIpc) is 3.56. The first kappa shape index (κ1) is 27.8. The number of thiophene rings is 1.